The summed E-state index contributed by atoms with van der Waals surface area (Å²) in [6.07, 6.45) is 5.86. The van der Waals surface area contributed by atoms with Crippen LogP contribution in [0.3, 0.4) is 0 Å². The Labute approximate surface area is 114 Å². The fourth-order valence-electron chi connectivity index (χ4n) is 1.97. The van der Waals surface area contributed by atoms with Crippen molar-refractivity contribution < 1.29 is 0 Å². The molecule has 102 valence electrons. The molecular formula is C13H14N6O. The van der Waals surface area contributed by atoms with Crippen molar-refractivity contribution in [2.24, 2.45) is 0 Å². The number of aromatic nitrogens is 5. The van der Waals surface area contributed by atoms with Crippen LogP contribution in [0, 0.1) is 0 Å². The molecule has 0 spiro atoms. The Morgan fingerprint density at radius 2 is 2.10 bits per heavy atom. The number of anilines is 1. The first-order valence-corrected chi connectivity index (χ1v) is 6.27. The zero-order valence-electron chi connectivity index (χ0n) is 11.0. The lowest BCUT2D eigenvalue weighted by molar-refractivity contribution is 0.836. The van der Waals surface area contributed by atoms with Crippen LogP contribution in [0.15, 0.2) is 35.5 Å². The minimum Gasteiger partial charge on any atom is -0.345 e. The van der Waals surface area contributed by atoms with E-state index in [-0.39, 0.29) is 5.56 Å². The van der Waals surface area contributed by atoms with Gasteiger partial charge in [0.05, 0.1) is 6.20 Å². The monoisotopic (exact) mass is 270 g/mol. The summed E-state index contributed by atoms with van der Waals surface area (Å²) in [5, 5.41) is 7.01. The Morgan fingerprint density at radius 1 is 1.30 bits per heavy atom. The van der Waals surface area contributed by atoms with Gasteiger partial charge >= 0.3 is 0 Å². The van der Waals surface area contributed by atoms with Crippen molar-refractivity contribution in [1.82, 2.24) is 25.1 Å². The highest BCUT2D eigenvalue weighted by Crippen LogP contribution is 2.08. The maximum Gasteiger partial charge on any atom is 0.263 e. The predicted octanol–water partition coefficient (Wildman–Crippen LogP) is 0.720. The van der Waals surface area contributed by atoms with Crippen molar-refractivity contribution in [3.8, 4) is 0 Å². The third-order valence-corrected chi connectivity index (χ3v) is 3.15. The molecule has 3 rings (SSSR count). The summed E-state index contributed by atoms with van der Waals surface area (Å²) >= 11 is 0. The highest BCUT2D eigenvalue weighted by molar-refractivity contribution is 5.73. The van der Waals surface area contributed by atoms with Gasteiger partial charge in [0.25, 0.3) is 5.56 Å². The van der Waals surface area contributed by atoms with E-state index in [9.17, 15) is 4.79 Å². The van der Waals surface area contributed by atoms with Crippen molar-refractivity contribution in [3.05, 3.63) is 46.6 Å². The zero-order chi connectivity index (χ0) is 13.9. The van der Waals surface area contributed by atoms with Crippen LogP contribution in [-0.4, -0.2) is 38.7 Å². The maximum atomic E-state index is 11.8. The summed E-state index contributed by atoms with van der Waals surface area (Å²) in [5.41, 5.74) is 1.51. The Morgan fingerprint density at radius 3 is 2.90 bits per heavy atom. The summed E-state index contributed by atoms with van der Waals surface area (Å²) < 4.78 is 0. The average molecular weight is 270 g/mol. The third-order valence-electron chi connectivity index (χ3n) is 3.15. The van der Waals surface area contributed by atoms with Crippen LogP contribution in [0.25, 0.3) is 11.0 Å². The highest BCUT2D eigenvalue weighted by atomic mass is 16.1. The molecule has 0 radical (unpaired) electrons. The molecule has 3 aromatic heterocycles. The molecule has 0 unspecified atom stereocenters. The molecule has 3 aromatic rings. The number of aromatic amines is 2. The second-order valence-electron chi connectivity index (χ2n) is 4.55. The summed E-state index contributed by atoms with van der Waals surface area (Å²) in [5.74, 6) is 0.529. The smallest absolute Gasteiger partial charge is 0.263 e. The topological polar surface area (TPSA) is 90.6 Å². The van der Waals surface area contributed by atoms with E-state index in [2.05, 4.69) is 25.1 Å². The summed E-state index contributed by atoms with van der Waals surface area (Å²) in [6, 6.07) is 3.95. The number of pyridine rings is 1. The average Bonchev–Trinajstić information content (AvgIpc) is 2.95. The van der Waals surface area contributed by atoms with Gasteiger partial charge in [-0.15, -0.1) is 0 Å². The van der Waals surface area contributed by atoms with Crippen molar-refractivity contribution in [2.75, 3.05) is 18.5 Å². The van der Waals surface area contributed by atoms with Gasteiger partial charge in [-0.3, -0.25) is 19.9 Å². The number of H-pyrrole nitrogens is 2. The lowest BCUT2D eigenvalue weighted by Crippen LogP contribution is -2.25. The van der Waals surface area contributed by atoms with Crippen molar-refractivity contribution in [2.45, 2.75) is 6.42 Å². The SMILES string of the molecule is CN(CCc1ccncc1)c1nc2[nH]ncc2c(=O)[nH]1. The van der Waals surface area contributed by atoms with E-state index in [1.54, 1.807) is 12.4 Å². The maximum absolute atomic E-state index is 11.8. The Kier molecular flexibility index (Phi) is 3.16. The third kappa shape index (κ3) is 2.37. The summed E-state index contributed by atoms with van der Waals surface area (Å²) in [6.45, 7) is 0.743. The molecule has 3 heterocycles. The second-order valence-corrected chi connectivity index (χ2v) is 4.55. The first kappa shape index (κ1) is 12.3. The fraction of sp³-hybridized carbons (Fsp3) is 0.231. The molecule has 0 atom stereocenters. The molecule has 0 aliphatic heterocycles. The lowest BCUT2D eigenvalue weighted by atomic mass is 10.2. The number of nitrogens with one attached hydrogen (secondary N) is 2. The second kappa shape index (κ2) is 5.12. The number of rotatable bonds is 4. The van der Waals surface area contributed by atoms with E-state index in [1.807, 2.05) is 24.1 Å². The van der Waals surface area contributed by atoms with Crippen LogP contribution in [-0.2, 0) is 6.42 Å². The number of nitrogens with zero attached hydrogens (tertiary/aromatic N) is 4. The van der Waals surface area contributed by atoms with E-state index >= 15 is 0 Å². The van der Waals surface area contributed by atoms with Gasteiger partial charge in [-0.1, -0.05) is 0 Å². The van der Waals surface area contributed by atoms with Gasteiger partial charge in [0.2, 0.25) is 5.95 Å². The zero-order valence-corrected chi connectivity index (χ0v) is 11.0. The molecule has 0 amide bonds. The largest absolute Gasteiger partial charge is 0.345 e. The van der Waals surface area contributed by atoms with Crippen LogP contribution in [0.5, 0.6) is 0 Å². The lowest BCUT2D eigenvalue weighted by Gasteiger charge is -2.17. The normalized spacial score (nSPS) is 10.8. The highest BCUT2D eigenvalue weighted by Gasteiger charge is 2.09. The van der Waals surface area contributed by atoms with Gasteiger partial charge in [0.1, 0.15) is 5.39 Å². The van der Waals surface area contributed by atoms with E-state index in [4.69, 9.17) is 0 Å². The fourth-order valence-corrected chi connectivity index (χ4v) is 1.97. The standard InChI is InChI=1S/C13H14N6O/c1-19(7-4-9-2-5-14-6-3-9)13-16-11-10(8-15-18-11)12(20)17-13/h2-3,5-6,8H,4,7H2,1H3,(H2,15,16,17,18,20). The van der Waals surface area contributed by atoms with Gasteiger partial charge in [0.15, 0.2) is 5.65 Å². The molecule has 0 aromatic carbocycles. The van der Waals surface area contributed by atoms with Crippen molar-refractivity contribution >= 4 is 17.0 Å². The van der Waals surface area contributed by atoms with Crippen LogP contribution in [0.4, 0.5) is 5.95 Å². The molecule has 2 N–H and O–H groups in total. The van der Waals surface area contributed by atoms with Crippen molar-refractivity contribution in [1.29, 1.82) is 0 Å². The number of likely N-dealkylation sites (N-methyl/N-ethyl adjacent to an activating group) is 1. The van der Waals surface area contributed by atoms with Crippen LogP contribution < -0.4 is 10.5 Å². The predicted molar refractivity (Wildman–Crippen MR) is 75.7 cm³/mol. The quantitative estimate of drug-likeness (QED) is 0.729. The number of hydrogen-bond acceptors (Lipinski definition) is 5. The molecule has 0 fully saturated rings. The van der Waals surface area contributed by atoms with Gasteiger partial charge in [-0.25, -0.2) is 0 Å². The summed E-state index contributed by atoms with van der Waals surface area (Å²) in [7, 11) is 1.89. The molecule has 0 aliphatic carbocycles. The number of fused-ring (bicyclic) bond motifs is 1. The van der Waals surface area contributed by atoms with Gasteiger partial charge in [-0.05, 0) is 24.1 Å². The molecule has 7 heteroatoms. The number of hydrogen-bond donors (Lipinski definition) is 2. The van der Waals surface area contributed by atoms with Gasteiger partial charge in [-0.2, -0.15) is 10.1 Å². The Bertz CT molecular complexity index is 763. The van der Waals surface area contributed by atoms with E-state index < -0.39 is 0 Å². The Balaban J connectivity index is 1.78. The van der Waals surface area contributed by atoms with E-state index in [0.717, 1.165) is 13.0 Å². The van der Waals surface area contributed by atoms with Crippen molar-refractivity contribution in [3.63, 3.8) is 0 Å². The molecule has 7 nitrogen and oxygen atoms in total. The summed E-state index contributed by atoms with van der Waals surface area (Å²) in [4.78, 5) is 24.8. The van der Waals surface area contributed by atoms with E-state index in [1.165, 1.54) is 11.8 Å². The Hall–Kier alpha value is -2.70. The molecular weight excluding hydrogens is 256 g/mol. The molecule has 0 bridgehead atoms. The minimum absolute atomic E-state index is 0.186. The molecule has 0 saturated heterocycles. The molecule has 0 aliphatic rings. The van der Waals surface area contributed by atoms with Gasteiger partial charge in [0, 0.05) is 26.0 Å². The molecule has 20 heavy (non-hydrogen) atoms. The van der Waals surface area contributed by atoms with Crippen LogP contribution >= 0.6 is 0 Å². The van der Waals surface area contributed by atoms with Gasteiger partial charge < -0.3 is 4.90 Å². The first-order chi connectivity index (χ1) is 9.74. The first-order valence-electron chi connectivity index (χ1n) is 6.27. The van der Waals surface area contributed by atoms with Crippen LogP contribution in [0.2, 0.25) is 0 Å². The van der Waals surface area contributed by atoms with Crippen LogP contribution in [0.1, 0.15) is 5.56 Å². The molecule has 0 saturated carbocycles. The minimum atomic E-state index is -0.186. The van der Waals surface area contributed by atoms with E-state index in [0.29, 0.717) is 17.0 Å².